The van der Waals surface area contributed by atoms with Crippen LogP contribution in [-0.4, -0.2) is 95.2 Å². The molecular formula is C68H118N4O8. The van der Waals surface area contributed by atoms with E-state index in [0.717, 1.165) is 106 Å². The van der Waals surface area contributed by atoms with Crippen LogP contribution in [0.15, 0.2) is 48.6 Å². The highest BCUT2D eigenvalue weighted by molar-refractivity contribution is 5.83. The van der Waals surface area contributed by atoms with Crippen LogP contribution in [-0.2, 0) is 35.0 Å². The normalized spacial score (nSPS) is 15.7. The zero-order valence-corrected chi connectivity index (χ0v) is 52.4. The molecule has 1 heterocycles. The summed E-state index contributed by atoms with van der Waals surface area (Å²) < 4.78 is 30.0. The number of carbonyl (C=O) groups excluding carboxylic acids is 3. The second kappa shape index (κ2) is 46.5. The molecule has 80 heavy (non-hydrogen) atoms. The van der Waals surface area contributed by atoms with Gasteiger partial charge in [0, 0.05) is 38.0 Å². The molecule has 1 aliphatic heterocycles. The average Bonchev–Trinajstić information content (AvgIpc) is 3.45. The number of rotatable bonds is 50. The lowest BCUT2D eigenvalue weighted by Gasteiger charge is -2.38. The summed E-state index contributed by atoms with van der Waals surface area (Å²) in [7, 11) is 0. The van der Waals surface area contributed by atoms with Crippen molar-refractivity contribution in [1.82, 2.24) is 16.0 Å². The Morgan fingerprint density at radius 2 is 1.10 bits per heavy atom. The lowest BCUT2D eigenvalue weighted by molar-refractivity contribution is -0.124. The Balaban J connectivity index is 1.42. The van der Waals surface area contributed by atoms with Crippen molar-refractivity contribution in [2.75, 3.05) is 65.9 Å². The van der Waals surface area contributed by atoms with E-state index >= 15 is 0 Å². The first-order chi connectivity index (χ1) is 38.7. The molecule has 1 aromatic rings. The molecule has 458 valence electrons. The van der Waals surface area contributed by atoms with Crippen LogP contribution < -0.4 is 31.2 Å². The summed E-state index contributed by atoms with van der Waals surface area (Å²) in [6, 6.07) is -0.736. The number of hydrogen-bond donors (Lipinski definition) is 4. The standard InChI is InChI=1S/C68H118N4O8/c1-10-11-12-13-14-15-16-17-18-19-20-21-22-23-24-25-28-39-63(73)70-46-49-76-51-53-78-54-52-77-50-47-71-64(74)41-40-62(69)67(75)72-45-29-26-27-30-48-79-65-58(6)59(7)66-61(60(65)8)42-44-68(9,80-66)43-33-38-57(5)37-32-36-56(4)35-31-34-55(2)3/h14-15,17-18,20-21,23-24,55-57,62H,10-13,16,19,22,25-54,69H2,1-9H3,(H,70,73)(H,71,74)(H,72,75)/b15-14-,18-17-,21-20-,24-23-/t56-,57-,62+,68-/m1/s1. The van der Waals surface area contributed by atoms with Crippen molar-refractivity contribution in [1.29, 1.82) is 0 Å². The van der Waals surface area contributed by atoms with E-state index in [1.165, 1.54) is 99.3 Å². The van der Waals surface area contributed by atoms with Crippen molar-refractivity contribution in [3.63, 3.8) is 0 Å². The summed E-state index contributed by atoms with van der Waals surface area (Å²) in [4.78, 5) is 37.0. The molecule has 1 aromatic carbocycles. The van der Waals surface area contributed by atoms with Crippen LogP contribution in [0.5, 0.6) is 11.5 Å². The van der Waals surface area contributed by atoms with Gasteiger partial charge in [-0.25, -0.2) is 0 Å². The summed E-state index contributed by atoms with van der Waals surface area (Å²) >= 11 is 0. The van der Waals surface area contributed by atoms with Gasteiger partial charge in [0.1, 0.15) is 17.1 Å². The summed E-state index contributed by atoms with van der Waals surface area (Å²) in [6.07, 6.45) is 45.9. The van der Waals surface area contributed by atoms with E-state index in [0.29, 0.717) is 72.3 Å². The van der Waals surface area contributed by atoms with Gasteiger partial charge in [-0.1, -0.05) is 154 Å². The maximum Gasteiger partial charge on any atom is 0.236 e. The molecule has 0 fully saturated rings. The van der Waals surface area contributed by atoms with E-state index < -0.39 is 6.04 Å². The zero-order chi connectivity index (χ0) is 58.5. The van der Waals surface area contributed by atoms with Gasteiger partial charge in [-0.05, 0) is 152 Å². The van der Waals surface area contributed by atoms with Crippen molar-refractivity contribution in [3.8, 4) is 11.5 Å². The molecule has 12 nitrogen and oxygen atoms in total. The Bertz CT molecular complexity index is 1910. The van der Waals surface area contributed by atoms with E-state index in [4.69, 9.17) is 29.4 Å². The Labute approximate surface area is 488 Å². The molecule has 0 aliphatic carbocycles. The number of hydrogen-bond acceptors (Lipinski definition) is 9. The van der Waals surface area contributed by atoms with Gasteiger partial charge < -0.3 is 45.4 Å². The first kappa shape index (κ1) is 72.1. The number of allylic oxidation sites excluding steroid dienone is 8. The first-order valence-corrected chi connectivity index (χ1v) is 32.0. The molecule has 5 N–H and O–H groups in total. The molecule has 2 rings (SSSR count). The van der Waals surface area contributed by atoms with Crippen molar-refractivity contribution >= 4 is 17.7 Å². The van der Waals surface area contributed by atoms with E-state index in [-0.39, 0.29) is 36.2 Å². The third-order valence-corrected chi connectivity index (χ3v) is 15.6. The second-order valence-electron chi connectivity index (χ2n) is 23.6. The average molecular weight is 1120 g/mol. The molecule has 1 aliphatic rings. The number of nitrogens with two attached hydrogens (primary N) is 1. The molecule has 0 unspecified atom stereocenters. The number of benzene rings is 1. The van der Waals surface area contributed by atoms with Crippen LogP contribution in [0.3, 0.4) is 0 Å². The predicted molar refractivity (Wildman–Crippen MR) is 334 cm³/mol. The van der Waals surface area contributed by atoms with Gasteiger partial charge in [-0.3, -0.25) is 14.4 Å². The molecule has 0 radical (unpaired) electrons. The van der Waals surface area contributed by atoms with Crippen LogP contribution in [0, 0.1) is 38.5 Å². The molecule has 3 amide bonds. The smallest absolute Gasteiger partial charge is 0.236 e. The van der Waals surface area contributed by atoms with Crippen molar-refractivity contribution in [3.05, 3.63) is 70.9 Å². The van der Waals surface area contributed by atoms with E-state index in [2.05, 4.69) is 127 Å². The van der Waals surface area contributed by atoms with Gasteiger partial charge in [0.25, 0.3) is 0 Å². The minimum atomic E-state index is -0.736. The van der Waals surface area contributed by atoms with Gasteiger partial charge in [0.15, 0.2) is 0 Å². The van der Waals surface area contributed by atoms with Crippen LogP contribution in [0.25, 0.3) is 0 Å². The molecule has 0 aromatic heterocycles. The minimum Gasteiger partial charge on any atom is -0.493 e. The van der Waals surface area contributed by atoms with Gasteiger partial charge >= 0.3 is 0 Å². The van der Waals surface area contributed by atoms with Gasteiger partial charge in [0.2, 0.25) is 17.7 Å². The van der Waals surface area contributed by atoms with Crippen molar-refractivity contribution < 1.29 is 38.1 Å². The fraction of sp³-hybridized carbons (Fsp3) is 0.750. The molecular weight excluding hydrogens is 1000 g/mol. The topological polar surface area (TPSA) is 159 Å². The van der Waals surface area contributed by atoms with Gasteiger partial charge in [0.05, 0.1) is 52.3 Å². The fourth-order valence-electron chi connectivity index (χ4n) is 10.2. The Kier molecular flexibility index (Phi) is 41.9. The largest absolute Gasteiger partial charge is 0.493 e. The first-order valence-electron chi connectivity index (χ1n) is 32.0. The number of carbonyl (C=O) groups is 3. The predicted octanol–water partition coefficient (Wildman–Crippen LogP) is 14.7. The SMILES string of the molecule is CCCCC/C=C\C/C=C\C/C=C\C/C=C\CCCC(=O)NCCOCCOCCOCCNC(=O)CC[C@H](N)C(=O)NCCCCCCOc1c(C)c(C)c2c(c1C)CC[C@@](C)(CCC[C@H](C)CCC[C@H](C)CCCC(C)C)O2. The second-order valence-corrected chi connectivity index (χ2v) is 23.6. The molecule has 4 atom stereocenters. The highest BCUT2D eigenvalue weighted by atomic mass is 16.5. The van der Waals surface area contributed by atoms with Crippen LogP contribution in [0.4, 0.5) is 0 Å². The van der Waals surface area contributed by atoms with Gasteiger partial charge in [-0.15, -0.1) is 0 Å². The maximum atomic E-state index is 12.6. The highest BCUT2D eigenvalue weighted by Crippen LogP contribution is 2.45. The lowest BCUT2D eigenvalue weighted by atomic mass is 9.83. The third-order valence-electron chi connectivity index (χ3n) is 15.6. The van der Waals surface area contributed by atoms with Gasteiger partial charge in [-0.2, -0.15) is 0 Å². The molecule has 0 saturated carbocycles. The number of fused-ring (bicyclic) bond motifs is 1. The quantitative estimate of drug-likeness (QED) is 0.0368. The van der Waals surface area contributed by atoms with E-state index in [9.17, 15) is 14.4 Å². The minimum absolute atomic E-state index is 0.0416. The number of ether oxygens (including phenoxy) is 5. The molecule has 0 spiro atoms. The number of unbranched alkanes of at least 4 members (excludes halogenated alkanes) is 7. The summed E-state index contributed by atoms with van der Waals surface area (Å²) in [5.74, 6) is 4.19. The number of amides is 3. The lowest BCUT2D eigenvalue weighted by Crippen LogP contribution is -2.41. The van der Waals surface area contributed by atoms with Crippen molar-refractivity contribution in [2.45, 2.75) is 247 Å². The molecule has 0 saturated heterocycles. The monoisotopic (exact) mass is 1120 g/mol. The third kappa shape index (κ3) is 35.8. The van der Waals surface area contributed by atoms with Crippen LogP contribution in [0.2, 0.25) is 0 Å². The maximum absolute atomic E-state index is 12.6. The zero-order valence-electron chi connectivity index (χ0n) is 52.4. The Hall–Kier alpha value is -3.97. The number of nitrogens with one attached hydrogen (secondary N) is 3. The Morgan fingerprint density at radius 1 is 0.562 bits per heavy atom. The van der Waals surface area contributed by atoms with E-state index in [1.54, 1.807) is 0 Å². The molecule has 0 bridgehead atoms. The summed E-state index contributed by atoms with van der Waals surface area (Å²) in [5, 5.41) is 8.65. The summed E-state index contributed by atoms with van der Waals surface area (Å²) in [5.41, 5.74) is 10.9. The van der Waals surface area contributed by atoms with Crippen LogP contribution in [0.1, 0.15) is 231 Å². The Morgan fingerprint density at radius 3 is 1.70 bits per heavy atom. The fourth-order valence-corrected chi connectivity index (χ4v) is 10.2. The van der Waals surface area contributed by atoms with Crippen molar-refractivity contribution in [2.24, 2.45) is 23.5 Å². The molecule has 12 heteroatoms. The summed E-state index contributed by atoms with van der Waals surface area (Å²) in [6.45, 7) is 25.2. The van der Waals surface area contributed by atoms with Crippen LogP contribution >= 0.6 is 0 Å². The van der Waals surface area contributed by atoms with E-state index in [1.807, 2.05) is 0 Å². The highest BCUT2D eigenvalue weighted by Gasteiger charge is 2.34.